The van der Waals surface area contributed by atoms with Crippen LogP contribution in [0.25, 0.3) is 10.9 Å². The van der Waals surface area contributed by atoms with Crippen molar-refractivity contribution in [2.75, 3.05) is 5.32 Å². The van der Waals surface area contributed by atoms with Crippen molar-refractivity contribution in [3.05, 3.63) is 66.1 Å². The SMILES string of the molecule is N#Cc1ccc(Nc2ccnc3c(F)cccc23)cc1. The number of nitriles is 1. The minimum atomic E-state index is -0.342. The molecular formula is C16H10FN3. The van der Waals surface area contributed by atoms with Crippen LogP contribution in [0.4, 0.5) is 15.8 Å². The number of anilines is 2. The lowest BCUT2D eigenvalue weighted by Gasteiger charge is -2.09. The van der Waals surface area contributed by atoms with Crippen LogP contribution < -0.4 is 5.32 Å². The van der Waals surface area contributed by atoms with Crippen LogP contribution >= 0.6 is 0 Å². The zero-order chi connectivity index (χ0) is 13.9. The molecule has 4 heteroatoms. The Balaban J connectivity index is 2.02. The third-order valence-electron chi connectivity index (χ3n) is 3.01. The standard InChI is InChI=1S/C16H10FN3/c17-14-3-1-2-13-15(8-9-19-16(13)14)20-12-6-4-11(10-18)5-7-12/h1-9H,(H,19,20). The van der Waals surface area contributed by atoms with Crippen LogP contribution in [0.2, 0.25) is 0 Å². The summed E-state index contributed by atoms with van der Waals surface area (Å²) >= 11 is 0. The van der Waals surface area contributed by atoms with Gasteiger partial charge < -0.3 is 5.32 Å². The maximum Gasteiger partial charge on any atom is 0.149 e. The highest BCUT2D eigenvalue weighted by Gasteiger charge is 2.06. The highest BCUT2D eigenvalue weighted by molar-refractivity contribution is 5.93. The van der Waals surface area contributed by atoms with Gasteiger partial charge in [-0.1, -0.05) is 12.1 Å². The van der Waals surface area contributed by atoms with Gasteiger partial charge in [-0.3, -0.25) is 4.98 Å². The lowest BCUT2D eigenvalue weighted by Crippen LogP contribution is -1.93. The average Bonchev–Trinajstić information content (AvgIpc) is 2.49. The summed E-state index contributed by atoms with van der Waals surface area (Å²) in [6.07, 6.45) is 1.57. The van der Waals surface area contributed by atoms with Crippen LogP contribution in [-0.2, 0) is 0 Å². The number of benzene rings is 2. The first-order valence-electron chi connectivity index (χ1n) is 6.08. The van der Waals surface area contributed by atoms with E-state index in [2.05, 4.69) is 16.4 Å². The number of halogens is 1. The molecule has 0 aliphatic heterocycles. The number of fused-ring (bicyclic) bond motifs is 1. The molecule has 0 aliphatic carbocycles. The van der Waals surface area contributed by atoms with Gasteiger partial charge in [-0.15, -0.1) is 0 Å². The summed E-state index contributed by atoms with van der Waals surface area (Å²) in [6.45, 7) is 0. The average molecular weight is 263 g/mol. The number of rotatable bonds is 2. The van der Waals surface area contributed by atoms with Crippen LogP contribution in [0.3, 0.4) is 0 Å². The van der Waals surface area contributed by atoms with Crippen LogP contribution in [0.1, 0.15) is 5.56 Å². The number of pyridine rings is 1. The van der Waals surface area contributed by atoms with Crippen molar-refractivity contribution >= 4 is 22.3 Å². The van der Waals surface area contributed by atoms with Crippen molar-refractivity contribution in [1.29, 1.82) is 5.26 Å². The number of aromatic nitrogens is 1. The Labute approximate surface area is 115 Å². The van der Waals surface area contributed by atoms with Gasteiger partial charge >= 0.3 is 0 Å². The monoisotopic (exact) mass is 263 g/mol. The molecular weight excluding hydrogens is 253 g/mol. The molecule has 0 saturated carbocycles. The molecule has 0 radical (unpaired) electrons. The fourth-order valence-corrected chi connectivity index (χ4v) is 2.03. The molecule has 3 aromatic rings. The van der Waals surface area contributed by atoms with Crippen molar-refractivity contribution < 1.29 is 4.39 Å². The molecule has 0 atom stereocenters. The van der Waals surface area contributed by atoms with E-state index >= 15 is 0 Å². The lowest BCUT2D eigenvalue weighted by atomic mass is 10.1. The molecule has 3 rings (SSSR count). The summed E-state index contributed by atoms with van der Waals surface area (Å²) in [5.74, 6) is -0.342. The molecule has 0 fully saturated rings. The second kappa shape index (κ2) is 4.98. The highest BCUT2D eigenvalue weighted by Crippen LogP contribution is 2.26. The third-order valence-corrected chi connectivity index (χ3v) is 3.01. The first kappa shape index (κ1) is 12.1. The molecule has 1 heterocycles. The van der Waals surface area contributed by atoms with E-state index in [4.69, 9.17) is 5.26 Å². The fraction of sp³-hybridized carbons (Fsp3) is 0. The van der Waals surface area contributed by atoms with E-state index in [9.17, 15) is 4.39 Å². The van der Waals surface area contributed by atoms with Gasteiger partial charge in [0, 0.05) is 23.0 Å². The van der Waals surface area contributed by atoms with Crippen molar-refractivity contribution in [3.8, 4) is 6.07 Å². The number of nitrogens with one attached hydrogen (secondary N) is 1. The molecule has 1 N–H and O–H groups in total. The Morgan fingerprint density at radius 2 is 1.85 bits per heavy atom. The highest BCUT2D eigenvalue weighted by atomic mass is 19.1. The summed E-state index contributed by atoms with van der Waals surface area (Å²) in [6, 6.07) is 15.8. The number of para-hydroxylation sites is 1. The van der Waals surface area contributed by atoms with Crippen LogP contribution in [0, 0.1) is 17.1 Å². The van der Waals surface area contributed by atoms with E-state index in [1.165, 1.54) is 6.07 Å². The van der Waals surface area contributed by atoms with Gasteiger partial charge in [-0.2, -0.15) is 5.26 Å². The zero-order valence-corrected chi connectivity index (χ0v) is 10.5. The maximum absolute atomic E-state index is 13.7. The maximum atomic E-state index is 13.7. The van der Waals surface area contributed by atoms with Crippen LogP contribution in [0.15, 0.2) is 54.7 Å². The first-order chi connectivity index (χ1) is 9.78. The van der Waals surface area contributed by atoms with E-state index in [1.54, 1.807) is 30.5 Å². The molecule has 0 saturated heterocycles. The summed E-state index contributed by atoms with van der Waals surface area (Å²) < 4.78 is 13.7. The van der Waals surface area contributed by atoms with E-state index in [1.807, 2.05) is 18.2 Å². The molecule has 3 nitrogen and oxygen atoms in total. The van der Waals surface area contributed by atoms with Gasteiger partial charge in [-0.25, -0.2) is 4.39 Å². The molecule has 20 heavy (non-hydrogen) atoms. The van der Waals surface area contributed by atoms with E-state index in [0.29, 0.717) is 11.1 Å². The topological polar surface area (TPSA) is 48.7 Å². The smallest absolute Gasteiger partial charge is 0.149 e. The van der Waals surface area contributed by atoms with Gasteiger partial charge in [0.1, 0.15) is 11.3 Å². The number of hydrogen-bond acceptors (Lipinski definition) is 3. The predicted molar refractivity (Wildman–Crippen MR) is 76.1 cm³/mol. The minimum absolute atomic E-state index is 0.339. The fourth-order valence-electron chi connectivity index (χ4n) is 2.03. The largest absolute Gasteiger partial charge is 0.355 e. The predicted octanol–water partition coefficient (Wildman–Crippen LogP) is 3.99. The van der Waals surface area contributed by atoms with Gasteiger partial charge in [0.15, 0.2) is 0 Å². The summed E-state index contributed by atoms with van der Waals surface area (Å²) in [5.41, 5.74) is 2.55. The summed E-state index contributed by atoms with van der Waals surface area (Å²) in [5, 5.41) is 12.7. The van der Waals surface area contributed by atoms with E-state index < -0.39 is 0 Å². The Morgan fingerprint density at radius 1 is 1.05 bits per heavy atom. The molecule has 0 spiro atoms. The molecule has 2 aromatic carbocycles. The Morgan fingerprint density at radius 3 is 2.60 bits per heavy atom. The summed E-state index contributed by atoms with van der Waals surface area (Å²) in [7, 11) is 0. The van der Waals surface area contributed by atoms with Crippen molar-refractivity contribution in [2.45, 2.75) is 0 Å². The van der Waals surface area contributed by atoms with Crippen molar-refractivity contribution in [2.24, 2.45) is 0 Å². The van der Waals surface area contributed by atoms with Crippen molar-refractivity contribution in [3.63, 3.8) is 0 Å². The van der Waals surface area contributed by atoms with Crippen molar-refractivity contribution in [1.82, 2.24) is 4.98 Å². The molecule has 0 unspecified atom stereocenters. The third kappa shape index (κ3) is 2.17. The zero-order valence-electron chi connectivity index (χ0n) is 10.5. The van der Waals surface area contributed by atoms with Gasteiger partial charge in [0.25, 0.3) is 0 Å². The van der Waals surface area contributed by atoms with E-state index in [-0.39, 0.29) is 5.82 Å². The van der Waals surface area contributed by atoms with Crippen LogP contribution in [0.5, 0.6) is 0 Å². The second-order valence-corrected chi connectivity index (χ2v) is 4.31. The Bertz CT molecular complexity index is 804. The number of hydrogen-bond donors (Lipinski definition) is 1. The minimum Gasteiger partial charge on any atom is -0.355 e. The normalized spacial score (nSPS) is 10.2. The van der Waals surface area contributed by atoms with Gasteiger partial charge in [0.05, 0.1) is 11.6 Å². The summed E-state index contributed by atoms with van der Waals surface area (Å²) in [4.78, 5) is 4.05. The molecule has 1 aromatic heterocycles. The second-order valence-electron chi connectivity index (χ2n) is 4.31. The quantitative estimate of drug-likeness (QED) is 0.760. The molecule has 0 amide bonds. The lowest BCUT2D eigenvalue weighted by molar-refractivity contribution is 0.637. The van der Waals surface area contributed by atoms with Gasteiger partial charge in [0.2, 0.25) is 0 Å². The first-order valence-corrected chi connectivity index (χ1v) is 6.08. The van der Waals surface area contributed by atoms with Gasteiger partial charge in [-0.05, 0) is 36.4 Å². The Kier molecular flexibility index (Phi) is 3.02. The van der Waals surface area contributed by atoms with E-state index in [0.717, 1.165) is 16.8 Å². The Hall–Kier alpha value is -2.93. The van der Waals surface area contributed by atoms with Crippen LogP contribution in [-0.4, -0.2) is 4.98 Å². The molecule has 96 valence electrons. The molecule has 0 bridgehead atoms. The number of nitrogens with zero attached hydrogens (tertiary/aromatic N) is 2. The molecule has 0 aliphatic rings.